The molecule has 0 fully saturated rings. The first-order valence-corrected chi connectivity index (χ1v) is 7.31. The van der Waals surface area contributed by atoms with Gasteiger partial charge in [0.05, 0.1) is 11.6 Å². The Morgan fingerprint density at radius 2 is 2.05 bits per heavy atom. The molecule has 0 saturated heterocycles. The quantitative estimate of drug-likeness (QED) is 0.876. The number of benzene rings is 2. The summed E-state index contributed by atoms with van der Waals surface area (Å²) in [5.41, 5.74) is 7.55. The topological polar surface area (TPSA) is 44.5 Å². The average Bonchev–Trinajstić information content (AvgIpc) is 2.48. The van der Waals surface area contributed by atoms with E-state index in [-0.39, 0.29) is 18.5 Å². The van der Waals surface area contributed by atoms with Gasteiger partial charge in [-0.25, -0.2) is 4.39 Å². The van der Waals surface area contributed by atoms with Gasteiger partial charge in [0.25, 0.3) is 0 Å². The van der Waals surface area contributed by atoms with Gasteiger partial charge in [-0.15, -0.1) is 0 Å². The predicted molar refractivity (Wildman–Crippen MR) is 84.0 cm³/mol. The van der Waals surface area contributed by atoms with Crippen LogP contribution in [0.5, 0.6) is 11.5 Å². The van der Waals surface area contributed by atoms with Crippen molar-refractivity contribution in [3.8, 4) is 11.5 Å². The largest absolute Gasteiger partial charge is 0.497 e. The Kier molecular flexibility index (Phi) is 5.20. The average molecular weight is 354 g/mol. The van der Waals surface area contributed by atoms with E-state index in [1.807, 2.05) is 19.1 Å². The van der Waals surface area contributed by atoms with Crippen molar-refractivity contribution in [1.82, 2.24) is 0 Å². The van der Waals surface area contributed by atoms with Gasteiger partial charge in [-0.2, -0.15) is 0 Å². The third-order valence-electron chi connectivity index (χ3n) is 3.13. The molecule has 0 amide bonds. The van der Waals surface area contributed by atoms with E-state index < -0.39 is 0 Å². The Morgan fingerprint density at radius 1 is 1.29 bits per heavy atom. The molecule has 0 bridgehead atoms. The normalized spacial score (nSPS) is 12.0. The zero-order chi connectivity index (χ0) is 15.4. The Morgan fingerprint density at radius 3 is 2.71 bits per heavy atom. The molecule has 0 aliphatic carbocycles. The van der Waals surface area contributed by atoms with Crippen molar-refractivity contribution >= 4 is 15.9 Å². The molecule has 0 saturated carbocycles. The zero-order valence-corrected chi connectivity index (χ0v) is 13.5. The highest BCUT2D eigenvalue weighted by molar-refractivity contribution is 9.10. The monoisotopic (exact) mass is 353 g/mol. The van der Waals surface area contributed by atoms with Crippen LogP contribution in [0.3, 0.4) is 0 Å². The van der Waals surface area contributed by atoms with Crippen LogP contribution in [0, 0.1) is 5.82 Å². The molecule has 5 heteroatoms. The molecule has 2 aromatic carbocycles. The van der Waals surface area contributed by atoms with Crippen LogP contribution in [0.25, 0.3) is 0 Å². The van der Waals surface area contributed by atoms with E-state index in [0.29, 0.717) is 16.0 Å². The van der Waals surface area contributed by atoms with Crippen LogP contribution in [-0.4, -0.2) is 7.11 Å². The number of rotatable bonds is 5. The summed E-state index contributed by atoms with van der Waals surface area (Å²) in [6.45, 7) is 2.12. The van der Waals surface area contributed by atoms with Gasteiger partial charge >= 0.3 is 0 Å². The van der Waals surface area contributed by atoms with Gasteiger partial charge in [0.1, 0.15) is 23.9 Å². The van der Waals surface area contributed by atoms with Gasteiger partial charge in [0.15, 0.2) is 0 Å². The Bertz CT molecular complexity index is 632. The van der Waals surface area contributed by atoms with Gasteiger partial charge < -0.3 is 15.2 Å². The van der Waals surface area contributed by atoms with E-state index >= 15 is 0 Å². The number of methoxy groups -OCH3 is 1. The summed E-state index contributed by atoms with van der Waals surface area (Å²) in [7, 11) is 1.59. The molecule has 0 radical (unpaired) electrons. The fourth-order valence-electron chi connectivity index (χ4n) is 1.96. The van der Waals surface area contributed by atoms with Crippen LogP contribution in [0.1, 0.15) is 24.1 Å². The number of ether oxygens (including phenoxy) is 2. The van der Waals surface area contributed by atoms with E-state index in [2.05, 4.69) is 15.9 Å². The molecule has 0 aliphatic heterocycles. The number of hydrogen-bond donors (Lipinski definition) is 1. The van der Waals surface area contributed by atoms with Crippen molar-refractivity contribution in [2.45, 2.75) is 19.6 Å². The summed E-state index contributed by atoms with van der Waals surface area (Å²) in [6, 6.07) is 10.2. The smallest absolute Gasteiger partial charge is 0.137 e. The van der Waals surface area contributed by atoms with Gasteiger partial charge in [-0.05, 0) is 35.0 Å². The number of hydrogen-bond acceptors (Lipinski definition) is 3. The second kappa shape index (κ2) is 6.91. The van der Waals surface area contributed by atoms with Crippen LogP contribution in [0.4, 0.5) is 4.39 Å². The van der Waals surface area contributed by atoms with Crippen molar-refractivity contribution in [2.24, 2.45) is 5.73 Å². The summed E-state index contributed by atoms with van der Waals surface area (Å²) in [6.07, 6.45) is 0. The van der Waals surface area contributed by atoms with Gasteiger partial charge in [-0.3, -0.25) is 0 Å². The standard InChI is InChI=1S/C16H17BrFNO2/c1-10(19)13-7-6-12(20-2)8-15(13)21-9-11-4-3-5-14(18)16(11)17/h3-8,10H,9,19H2,1-2H3. The fraction of sp³-hybridized carbons (Fsp3) is 0.250. The Balaban J connectivity index is 2.24. The third kappa shape index (κ3) is 3.74. The second-order valence-corrected chi connectivity index (χ2v) is 5.49. The van der Waals surface area contributed by atoms with Gasteiger partial charge in [-0.1, -0.05) is 18.2 Å². The first-order chi connectivity index (χ1) is 10.0. The highest BCUT2D eigenvalue weighted by atomic mass is 79.9. The lowest BCUT2D eigenvalue weighted by molar-refractivity contribution is 0.297. The summed E-state index contributed by atoms with van der Waals surface area (Å²) >= 11 is 3.22. The van der Waals surface area contributed by atoms with E-state index in [4.69, 9.17) is 15.2 Å². The van der Waals surface area contributed by atoms with Crippen LogP contribution < -0.4 is 15.2 Å². The van der Waals surface area contributed by atoms with Gasteiger partial charge in [0, 0.05) is 23.2 Å². The summed E-state index contributed by atoms with van der Waals surface area (Å²) in [5, 5.41) is 0. The van der Waals surface area contributed by atoms with Crippen molar-refractivity contribution in [3.63, 3.8) is 0 Å². The molecule has 0 aromatic heterocycles. The van der Waals surface area contributed by atoms with Crippen molar-refractivity contribution < 1.29 is 13.9 Å². The first kappa shape index (κ1) is 15.8. The predicted octanol–water partition coefficient (Wildman–Crippen LogP) is 4.20. The van der Waals surface area contributed by atoms with E-state index in [1.54, 1.807) is 25.3 Å². The molecule has 0 aliphatic rings. The van der Waals surface area contributed by atoms with Gasteiger partial charge in [0.2, 0.25) is 0 Å². The number of nitrogens with two attached hydrogens (primary N) is 1. The fourth-order valence-corrected chi connectivity index (χ4v) is 2.34. The molecule has 2 aromatic rings. The SMILES string of the molecule is COc1ccc(C(C)N)c(OCc2cccc(F)c2Br)c1. The van der Waals surface area contributed by atoms with Crippen LogP contribution >= 0.6 is 15.9 Å². The molecule has 21 heavy (non-hydrogen) atoms. The van der Waals surface area contributed by atoms with Crippen LogP contribution in [-0.2, 0) is 6.61 Å². The lowest BCUT2D eigenvalue weighted by Crippen LogP contribution is -2.08. The molecule has 0 spiro atoms. The third-order valence-corrected chi connectivity index (χ3v) is 4.01. The molecule has 1 unspecified atom stereocenters. The minimum absolute atomic E-state index is 0.165. The summed E-state index contributed by atoms with van der Waals surface area (Å²) in [5.74, 6) is 1.02. The molecule has 0 heterocycles. The minimum Gasteiger partial charge on any atom is -0.497 e. The van der Waals surface area contributed by atoms with Crippen molar-refractivity contribution in [1.29, 1.82) is 0 Å². The Labute approximate surface area is 132 Å². The van der Waals surface area contributed by atoms with Crippen LogP contribution in [0.15, 0.2) is 40.9 Å². The maximum Gasteiger partial charge on any atom is 0.137 e. The second-order valence-electron chi connectivity index (χ2n) is 4.69. The summed E-state index contributed by atoms with van der Waals surface area (Å²) in [4.78, 5) is 0. The molecule has 2 rings (SSSR count). The highest BCUT2D eigenvalue weighted by Gasteiger charge is 2.11. The van der Waals surface area contributed by atoms with Crippen LogP contribution in [0.2, 0.25) is 0 Å². The zero-order valence-electron chi connectivity index (χ0n) is 11.9. The molecular weight excluding hydrogens is 337 g/mol. The molecule has 112 valence electrons. The van der Waals surface area contributed by atoms with Crippen molar-refractivity contribution in [2.75, 3.05) is 7.11 Å². The lowest BCUT2D eigenvalue weighted by atomic mass is 10.1. The van der Waals surface area contributed by atoms with E-state index in [1.165, 1.54) is 6.07 Å². The highest BCUT2D eigenvalue weighted by Crippen LogP contribution is 2.30. The van der Waals surface area contributed by atoms with E-state index in [0.717, 1.165) is 11.1 Å². The number of halogens is 2. The molecule has 2 N–H and O–H groups in total. The molecule has 1 atom stereocenters. The maximum atomic E-state index is 13.5. The lowest BCUT2D eigenvalue weighted by Gasteiger charge is -2.16. The minimum atomic E-state index is -0.311. The van der Waals surface area contributed by atoms with Crippen molar-refractivity contribution in [3.05, 3.63) is 57.8 Å². The van der Waals surface area contributed by atoms with E-state index in [9.17, 15) is 4.39 Å². The Hall–Kier alpha value is -1.59. The summed E-state index contributed by atoms with van der Waals surface area (Å²) < 4.78 is 24.9. The maximum absolute atomic E-state index is 13.5. The molecule has 3 nitrogen and oxygen atoms in total. The first-order valence-electron chi connectivity index (χ1n) is 6.52. The molecular formula is C16H17BrFNO2.